The molecule has 0 saturated carbocycles. The lowest BCUT2D eigenvalue weighted by Gasteiger charge is -2.15. The molecule has 1 heterocycles. The maximum atomic E-state index is 12.3. The van der Waals surface area contributed by atoms with Gasteiger partial charge in [0.25, 0.3) is 5.91 Å². The molecule has 0 radical (unpaired) electrons. The second kappa shape index (κ2) is 6.87. The van der Waals surface area contributed by atoms with Crippen LogP contribution in [0.2, 0.25) is 5.02 Å². The number of hydrogen-bond donors (Lipinski definition) is 1. The highest BCUT2D eigenvalue weighted by molar-refractivity contribution is 6.32. The highest BCUT2D eigenvalue weighted by Gasteiger charge is 2.30. The highest BCUT2D eigenvalue weighted by Crippen LogP contribution is 2.36. The number of hydrogen-bond acceptors (Lipinski definition) is 4. The normalized spacial score (nSPS) is 17.5. The number of likely N-dealkylation sites (N-methyl/N-ethyl adjacent to an activating group) is 1. The molecule has 0 aromatic heterocycles. The van der Waals surface area contributed by atoms with E-state index in [9.17, 15) is 9.59 Å². The van der Waals surface area contributed by atoms with Gasteiger partial charge in [-0.1, -0.05) is 11.6 Å². The largest absolute Gasteiger partial charge is 0.493 e. The summed E-state index contributed by atoms with van der Waals surface area (Å²) in [7, 11) is 3.19. The molecule has 1 fully saturated rings. The first kappa shape index (κ1) is 16.4. The third-order valence-corrected chi connectivity index (χ3v) is 3.79. The van der Waals surface area contributed by atoms with Crippen molar-refractivity contribution in [3.05, 3.63) is 22.7 Å². The number of rotatable bonds is 5. The van der Waals surface area contributed by atoms with E-state index in [4.69, 9.17) is 21.1 Å². The average molecular weight is 327 g/mol. The van der Waals surface area contributed by atoms with E-state index in [2.05, 4.69) is 5.32 Å². The first-order chi connectivity index (χ1) is 10.5. The summed E-state index contributed by atoms with van der Waals surface area (Å²) in [6.45, 7) is 2.90. The van der Waals surface area contributed by atoms with Crippen LogP contribution in [-0.4, -0.2) is 50.1 Å². The Morgan fingerprint density at radius 2 is 2.23 bits per heavy atom. The van der Waals surface area contributed by atoms with Crippen molar-refractivity contribution >= 4 is 23.4 Å². The number of amides is 2. The summed E-state index contributed by atoms with van der Waals surface area (Å²) in [5.74, 6) is 0.337. The number of halogens is 1. The molecule has 0 aliphatic carbocycles. The number of benzene rings is 1. The summed E-state index contributed by atoms with van der Waals surface area (Å²) in [4.78, 5) is 25.7. The molecule has 1 aliphatic rings. The molecule has 120 valence electrons. The minimum Gasteiger partial charge on any atom is -0.493 e. The van der Waals surface area contributed by atoms with Crippen molar-refractivity contribution in [1.29, 1.82) is 0 Å². The smallest absolute Gasteiger partial charge is 0.252 e. The Kier molecular flexibility index (Phi) is 5.13. The van der Waals surface area contributed by atoms with Crippen LogP contribution in [0.4, 0.5) is 0 Å². The summed E-state index contributed by atoms with van der Waals surface area (Å²) < 4.78 is 10.6. The van der Waals surface area contributed by atoms with Crippen molar-refractivity contribution < 1.29 is 19.1 Å². The van der Waals surface area contributed by atoms with Gasteiger partial charge in [0.2, 0.25) is 5.91 Å². The average Bonchev–Trinajstić information content (AvgIpc) is 2.81. The Morgan fingerprint density at radius 1 is 1.50 bits per heavy atom. The van der Waals surface area contributed by atoms with Crippen molar-refractivity contribution in [2.45, 2.75) is 19.4 Å². The summed E-state index contributed by atoms with van der Waals surface area (Å²) in [5, 5.41) is 3.01. The zero-order chi connectivity index (χ0) is 16.3. The van der Waals surface area contributed by atoms with Gasteiger partial charge < -0.3 is 19.7 Å². The zero-order valence-electron chi connectivity index (χ0n) is 12.8. The Hall–Kier alpha value is -1.95. The molecule has 2 amide bonds. The van der Waals surface area contributed by atoms with Crippen LogP contribution < -0.4 is 14.8 Å². The number of carbonyl (C=O) groups excluding carboxylic acids is 2. The van der Waals surface area contributed by atoms with Gasteiger partial charge in [-0.25, -0.2) is 0 Å². The Labute approximate surface area is 134 Å². The molecule has 7 heteroatoms. The fourth-order valence-electron chi connectivity index (χ4n) is 2.33. The van der Waals surface area contributed by atoms with E-state index in [0.29, 0.717) is 41.7 Å². The van der Waals surface area contributed by atoms with Crippen molar-refractivity contribution in [1.82, 2.24) is 10.2 Å². The van der Waals surface area contributed by atoms with Gasteiger partial charge in [0.05, 0.1) is 18.7 Å². The third kappa shape index (κ3) is 3.27. The summed E-state index contributed by atoms with van der Waals surface area (Å²) in [5.41, 5.74) is 0.327. The number of ether oxygens (including phenoxy) is 2. The first-order valence-electron chi connectivity index (χ1n) is 7.04. The predicted molar refractivity (Wildman–Crippen MR) is 82.7 cm³/mol. The standard InChI is InChI=1S/C15H19ClN2O4/c1-4-22-13-10(16)7-9(8-12(13)21-3)14(19)17-11-5-6-18(2)15(11)20/h7-8,11H,4-6H2,1-3H3,(H,17,19). The van der Waals surface area contributed by atoms with Crippen molar-refractivity contribution in [3.63, 3.8) is 0 Å². The lowest BCUT2D eigenvalue weighted by atomic mass is 10.1. The fourth-order valence-corrected chi connectivity index (χ4v) is 2.60. The van der Waals surface area contributed by atoms with Crippen LogP contribution in [0.3, 0.4) is 0 Å². The molecule has 1 aromatic carbocycles. The summed E-state index contributed by atoms with van der Waals surface area (Å²) in [6.07, 6.45) is 0.600. The minimum atomic E-state index is -0.492. The molecular formula is C15H19ClN2O4. The number of nitrogens with one attached hydrogen (secondary N) is 1. The lowest BCUT2D eigenvalue weighted by molar-refractivity contribution is -0.128. The van der Waals surface area contributed by atoms with Crippen LogP contribution in [0, 0.1) is 0 Å². The molecule has 1 saturated heterocycles. The SMILES string of the molecule is CCOc1c(Cl)cc(C(=O)NC2CCN(C)C2=O)cc1OC. The number of carbonyl (C=O) groups is 2. The molecule has 0 bridgehead atoms. The van der Waals surface area contributed by atoms with Crippen molar-refractivity contribution in [3.8, 4) is 11.5 Å². The van der Waals surface area contributed by atoms with Crippen LogP contribution >= 0.6 is 11.6 Å². The Balaban J connectivity index is 2.19. The molecule has 1 N–H and O–H groups in total. The number of methoxy groups -OCH3 is 1. The van der Waals surface area contributed by atoms with Gasteiger partial charge in [-0.3, -0.25) is 9.59 Å². The van der Waals surface area contributed by atoms with E-state index < -0.39 is 6.04 Å². The van der Waals surface area contributed by atoms with E-state index in [0.717, 1.165) is 0 Å². The van der Waals surface area contributed by atoms with E-state index in [1.807, 2.05) is 6.92 Å². The van der Waals surface area contributed by atoms with E-state index in [1.54, 1.807) is 18.0 Å². The quantitative estimate of drug-likeness (QED) is 0.894. The van der Waals surface area contributed by atoms with E-state index in [-0.39, 0.29) is 11.8 Å². The number of likely N-dealkylation sites (tertiary alicyclic amines) is 1. The van der Waals surface area contributed by atoms with Gasteiger partial charge in [0, 0.05) is 19.2 Å². The van der Waals surface area contributed by atoms with Crippen LogP contribution in [0.1, 0.15) is 23.7 Å². The summed E-state index contributed by atoms with van der Waals surface area (Å²) in [6, 6.07) is 2.57. The maximum absolute atomic E-state index is 12.3. The van der Waals surface area contributed by atoms with Crippen LogP contribution in [0.5, 0.6) is 11.5 Å². The van der Waals surface area contributed by atoms with Crippen molar-refractivity contribution in [2.75, 3.05) is 27.3 Å². The van der Waals surface area contributed by atoms with Gasteiger partial charge in [0.15, 0.2) is 11.5 Å². The molecule has 0 spiro atoms. The van der Waals surface area contributed by atoms with Crippen LogP contribution in [-0.2, 0) is 4.79 Å². The molecule has 1 aromatic rings. The van der Waals surface area contributed by atoms with Gasteiger partial charge in [0.1, 0.15) is 6.04 Å². The van der Waals surface area contributed by atoms with Crippen molar-refractivity contribution in [2.24, 2.45) is 0 Å². The molecule has 1 unspecified atom stereocenters. The first-order valence-corrected chi connectivity index (χ1v) is 7.41. The molecule has 22 heavy (non-hydrogen) atoms. The van der Waals surface area contributed by atoms with E-state index in [1.165, 1.54) is 13.2 Å². The third-order valence-electron chi connectivity index (χ3n) is 3.51. The summed E-state index contributed by atoms with van der Waals surface area (Å²) >= 11 is 6.14. The van der Waals surface area contributed by atoms with Gasteiger partial charge >= 0.3 is 0 Å². The molecule has 1 atom stereocenters. The van der Waals surface area contributed by atoms with E-state index >= 15 is 0 Å². The lowest BCUT2D eigenvalue weighted by Crippen LogP contribution is -2.40. The van der Waals surface area contributed by atoms with Crippen LogP contribution in [0.25, 0.3) is 0 Å². The van der Waals surface area contributed by atoms with Crippen LogP contribution in [0.15, 0.2) is 12.1 Å². The van der Waals surface area contributed by atoms with Gasteiger partial charge in [-0.2, -0.15) is 0 Å². The highest BCUT2D eigenvalue weighted by atomic mass is 35.5. The van der Waals surface area contributed by atoms with Gasteiger partial charge in [-0.05, 0) is 25.5 Å². The monoisotopic (exact) mass is 326 g/mol. The second-order valence-corrected chi connectivity index (χ2v) is 5.40. The predicted octanol–water partition coefficient (Wildman–Crippen LogP) is 1.71. The number of nitrogens with zero attached hydrogens (tertiary/aromatic N) is 1. The Bertz CT molecular complexity index is 591. The molecule has 6 nitrogen and oxygen atoms in total. The maximum Gasteiger partial charge on any atom is 0.252 e. The Morgan fingerprint density at radius 3 is 2.77 bits per heavy atom. The fraction of sp³-hybridized carbons (Fsp3) is 0.467. The molecular weight excluding hydrogens is 308 g/mol. The minimum absolute atomic E-state index is 0.0858. The zero-order valence-corrected chi connectivity index (χ0v) is 13.6. The molecule has 1 aliphatic heterocycles. The topological polar surface area (TPSA) is 67.9 Å². The molecule has 2 rings (SSSR count). The second-order valence-electron chi connectivity index (χ2n) is 5.00. The van der Waals surface area contributed by atoms with Gasteiger partial charge in [-0.15, -0.1) is 0 Å².